The first-order valence-corrected chi connectivity index (χ1v) is 30.9. The van der Waals surface area contributed by atoms with Gasteiger partial charge in [0.05, 0.1) is 0 Å². The maximum atomic E-state index is 17.5. The second-order valence-corrected chi connectivity index (χ2v) is 28.7. The molecular weight excluding hydrogens is 965 g/mol. The Kier molecular flexibility index (Phi) is 11.5. The van der Waals surface area contributed by atoms with Crippen molar-refractivity contribution < 1.29 is 28.2 Å². The van der Waals surface area contributed by atoms with Gasteiger partial charge in [-0.15, -0.1) is 0 Å². The van der Waals surface area contributed by atoms with Crippen molar-refractivity contribution in [1.29, 1.82) is 0 Å². The Morgan fingerprint density at radius 3 is 0.589 bits per heavy atom. The maximum absolute atomic E-state index is 17.5. The van der Waals surface area contributed by atoms with Gasteiger partial charge in [0, 0.05) is 0 Å². The average Bonchev–Trinajstić information content (AvgIpc) is 3.39. The fraction of sp³-hybridized carbons (Fsp3) is 0.0909. The average molecular weight is 1020 g/mol. The predicted molar refractivity (Wildman–Crippen MR) is 305 cm³/mol. The molecule has 0 aliphatic rings. The SMILES string of the molecule is Cc1ccc2ccccc2c1[Si]([O][Cr](=[O])(=[O])[O][Si](c1c(C)ccc2ccccc12)(c1c(C)ccc2ccccc12)c1c(C)ccc2ccccc12)(c1c(C)ccc2ccccc12)c1c(C)ccc2ccccc12. The van der Waals surface area contributed by atoms with Crippen LogP contribution in [0.15, 0.2) is 218 Å². The molecule has 12 aromatic carbocycles. The molecule has 0 heterocycles. The summed E-state index contributed by atoms with van der Waals surface area (Å²) in [7, 11) is -8.90. The molecule has 12 rings (SSSR count). The summed E-state index contributed by atoms with van der Waals surface area (Å²) in [5.74, 6) is 0. The zero-order chi connectivity index (χ0) is 50.2. The Hall–Kier alpha value is -7.31. The first kappa shape index (κ1) is 46.7. The Labute approximate surface area is 431 Å². The van der Waals surface area contributed by atoms with Crippen LogP contribution in [0.4, 0.5) is 0 Å². The summed E-state index contributed by atoms with van der Waals surface area (Å²) in [5.41, 5.74) is 5.67. The molecule has 12 aromatic rings. The summed E-state index contributed by atoms with van der Waals surface area (Å²) in [6.07, 6.45) is 0. The minimum absolute atomic E-state index is 0.887. The van der Waals surface area contributed by atoms with Gasteiger partial charge in [0.25, 0.3) is 0 Å². The van der Waals surface area contributed by atoms with Crippen LogP contribution in [-0.2, 0) is 28.2 Å². The van der Waals surface area contributed by atoms with Crippen LogP contribution in [0, 0.1) is 41.5 Å². The van der Waals surface area contributed by atoms with E-state index in [9.17, 15) is 0 Å². The van der Waals surface area contributed by atoms with Gasteiger partial charge < -0.3 is 0 Å². The van der Waals surface area contributed by atoms with Crippen molar-refractivity contribution >= 4 is 112 Å². The molecule has 0 unspecified atom stereocenters. The van der Waals surface area contributed by atoms with Crippen LogP contribution in [0.5, 0.6) is 0 Å². The summed E-state index contributed by atoms with van der Waals surface area (Å²) in [5, 5.41) is 17.0. The van der Waals surface area contributed by atoms with E-state index in [1.807, 2.05) is 36.4 Å². The summed E-state index contributed by atoms with van der Waals surface area (Å²) in [6, 6.07) is 75.9. The van der Waals surface area contributed by atoms with E-state index >= 15 is 7.61 Å². The molecule has 7 heteroatoms. The number of rotatable bonds is 10. The van der Waals surface area contributed by atoms with Crippen LogP contribution in [0.25, 0.3) is 64.6 Å². The van der Waals surface area contributed by atoms with Gasteiger partial charge in [-0.3, -0.25) is 0 Å². The Balaban J connectivity index is 1.30. The zero-order valence-corrected chi connectivity index (χ0v) is 45.1. The third kappa shape index (κ3) is 7.45. The molecule has 0 saturated carbocycles. The number of fused-ring (bicyclic) bond motifs is 6. The summed E-state index contributed by atoms with van der Waals surface area (Å²) in [4.78, 5) is 0. The molecule has 0 amide bonds. The zero-order valence-electron chi connectivity index (χ0n) is 41.8. The van der Waals surface area contributed by atoms with Crippen molar-refractivity contribution in [3.05, 3.63) is 252 Å². The molecule has 0 atom stereocenters. The normalized spacial score (nSPS) is 12.5. The molecule has 0 radical (unpaired) electrons. The van der Waals surface area contributed by atoms with E-state index in [4.69, 9.17) is 6.96 Å². The van der Waals surface area contributed by atoms with Crippen molar-refractivity contribution in [3.63, 3.8) is 0 Å². The third-order valence-corrected chi connectivity index (χ3v) is 28.8. The Bertz CT molecular complexity index is 3650. The first-order chi connectivity index (χ1) is 35.4. The molecular formula is C66H54CrO4Si2. The van der Waals surface area contributed by atoms with E-state index < -0.39 is 30.2 Å². The van der Waals surface area contributed by atoms with Crippen LogP contribution in [0.1, 0.15) is 33.4 Å². The van der Waals surface area contributed by atoms with Crippen LogP contribution in [0.3, 0.4) is 0 Å². The third-order valence-electron chi connectivity index (χ3n) is 15.4. The van der Waals surface area contributed by atoms with E-state index in [0.29, 0.717) is 0 Å². The summed E-state index contributed by atoms with van der Waals surface area (Å²) < 4.78 is 51.0. The minimum atomic E-state index is -6.40. The van der Waals surface area contributed by atoms with Crippen LogP contribution in [0.2, 0.25) is 0 Å². The molecule has 0 bridgehead atoms. The number of aryl methyl sites for hydroxylation is 6. The van der Waals surface area contributed by atoms with Crippen molar-refractivity contribution in [2.75, 3.05) is 0 Å². The van der Waals surface area contributed by atoms with E-state index in [1.54, 1.807) is 0 Å². The standard InChI is InChI=1S/2C33H27OSi.Cr.2O/c2*1-22-16-19-25-10-4-7-13-28(25)31(22)35(34,32-23(2)17-20-26-11-5-8-14-29(26)32)33-24(3)18-21-27-12-6-9-15-30(27)33;;;/h2*4-21H,1-3H3;;;/q2*-1;+2;;. The van der Waals surface area contributed by atoms with Crippen LogP contribution < -0.4 is 31.1 Å². The van der Waals surface area contributed by atoms with Crippen molar-refractivity contribution in [2.24, 2.45) is 0 Å². The van der Waals surface area contributed by atoms with Gasteiger partial charge in [0.1, 0.15) is 0 Å². The van der Waals surface area contributed by atoms with Gasteiger partial charge in [-0.25, -0.2) is 0 Å². The monoisotopic (exact) mass is 1020 g/mol. The first-order valence-electron chi connectivity index (χ1n) is 25.0. The Morgan fingerprint density at radius 2 is 0.411 bits per heavy atom. The fourth-order valence-corrected chi connectivity index (χ4v) is 28.3. The molecule has 4 nitrogen and oxygen atoms in total. The van der Waals surface area contributed by atoms with Gasteiger partial charge >= 0.3 is 434 Å². The Morgan fingerprint density at radius 1 is 0.247 bits per heavy atom. The summed E-state index contributed by atoms with van der Waals surface area (Å²) >= 11 is -6.40. The summed E-state index contributed by atoms with van der Waals surface area (Å²) in [6.45, 7) is 12.7. The molecule has 0 spiro atoms. The topological polar surface area (TPSA) is 52.6 Å². The molecule has 0 saturated heterocycles. The van der Waals surface area contributed by atoms with Crippen molar-refractivity contribution in [1.82, 2.24) is 0 Å². The van der Waals surface area contributed by atoms with Crippen molar-refractivity contribution in [2.45, 2.75) is 41.5 Å². The second-order valence-electron chi connectivity index (χ2n) is 19.8. The fourth-order valence-electron chi connectivity index (χ4n) is 12.4. The van der Waals surface area contributed by atoms with Gasteiger partial charge in [-0.05, 0) is 0 Å². The molecule has 356 valence electrons. The molecule has 0 aliphatic carbocycles. The molecule has 0 fully saturated rings. The number of benzene rings is 12. The number of hydrogen-bond acceptors (Lipinski definition) is 4. The quantitative estimate of drug-likeness (QED) is 0.101. The van der Waals surface area contributed by atoms with Gasteiger partial charge in [-0.2, -0.15) is 0 Å². The van der Waals surface area contributed by atoms with Crippen molar-refractivity contribution in [3.8, 4) is 0 Å². The van der Waals surface area contributed by atoms with Crippen LogP contribution in [-0.4, -0.2) is 16.6 Å². The van der Waals surface area contributed by atoms with Gasteiger partial charge in [0.2, 0.25) is 0 Å². The van der Waals surface area contributed by atoms with Gasteiger partial charge in [0.15, 0.2) is 0 Å². The molecule has 0 aromatic heterocycles. The molecule has 0 aliphatic heterocycles. The van der Waals surface area contributed by atoms with Gasteiger partial charge in [-0.1, -0.05) is 0 Å². The number of hydrogen-bond donors (Lipinski definition) is 0. The van der Waals surface area contributed by atoms with Crippen LogP contribution >= 0.6 is 0 Å². The molecule has 0 N–H and O–H groups in total. The predicted octanol–water partition coefficient (Wildman–Crippen LogP) is 12.8. The second kappa shape index (κ2) is 18.0. The van der Waals surface area contributed by atoms with E-state index in [2.05, 4.69) is 224 Å². The molecule has 73 heavy (non-hydrogen) atoms. The van der Waals surface area contributed by atoms with E-state index in [1.165, 1.54) is 0 Å². The van der Waals surface area contributed by atoms with E-state index in [-0.39, 0.29) is 0 Å². The van der Waals surface area contributed by atoms with E-state index in [0.717, 1.165) is 129 Å².